The molecular weight excluding hydrogens is 550 g/mol. The molecule has 0 saturated heterocycles. The van der Waals surface area contributed by atoms with E-state index in [0.29, 0.717) is 17.5 Å². The van der Waals surface area contributed by atoms with Crippen LogP contribution in [0.5, 0.6) is 0 Å². The highest BCUT2D eigenvalue weighted by molar-refractivity contribution is 6.07. The molecule has 9 aromatic rings. The maximum absolute atomic E-state index is 6.48. The fraction of sp³-hybridized carbons (Fsp3) is 0. The fourth-order valence-corrected chi connectivity index (χ4v) is 6.23. The Morgan fingerprint density at radius 1 is 0.333 bits per heavy atom. The SMILES string of the molecule is c1ccc(-c2nc(-c3ccc4c(c3)oc3cc(-c5ccc6ccccc6c5)ccc34)nc(-c3cccc4ccccc34)n2)cc1. The molecule has 0 bridgehead atoms. The lowest BCUT2D eigenvalue weighted by Crippen LogP contribution is -2.00. The molecule has 0 fully saturated rings. The second-order valence-corrected chi connectivity index (χ2v) is 11.3. The molecule has 210 valence electrons. The number of furan rings is 1. The predicted molar refractivity (Wildman–Crippen MR) is 184 cm³/mol. The zero-order valence-electron chi connectivity index (χ0n) is 24.2. The van der Waals surface area contributed by atoms with Gasteiger partial charge in [-0.15, -0.1) is 0 Å². The van der Waals surface area contributed by atoms with Crippen molar-refractivity contribution in [2.45, 2.75) is 0 Å². The molecule has 2 aromatic heterocycles. The molecule has 45 heavy (non-hydrogen) atoms. The maximum atomic E-state index is 6.48. The van der Waals surface area contributed by atoms with Gasteiger partial charge in [0.25, 0.3) is 0 Å². The van der Waals surface area contributed by atoms with E-state index in [4.69, 9.17) is 19.4 Å². The second kappa shape index (κ2) is 10.2. The molecule has 2 heterocycles. The third kappa shape index (κ3) is 4.43. The van der Waals surface area contributed by atoms with Crippen molar-refractivity contribution in [3.8, 4) is 45.3 Å². The summed E-state index contributed by atoms with van der Waals surface area (Å²) in [4.78, 5) is 14.9. The molecular formula is C41H25N3O. The molecule has 9 rings (SSSR count). The van der Waals surface area contributed by atoms with Gasteiger partial charge in [-0.1, -0.05) is 121 Å². The third-order valence-corrected chi connectivity index (χ3v) is 8.51. The van der Waals surface area contributed by atoms with E-state index in [9.17, 15) is 0 Å². The Bertz CT molecular complexity index is 2540. The van der Waals surface area contributed by atoms with Crippen LogP contribution < -0.4 is 0 Å². The van der Waals surface area contributed by atoms with Gasteiger partial charge in [0.15, 0.2) is 17.5 Å². The van der Waals surface area contributed by atoms with Crippen molar-refractivity contribution >= 4 is 43.5 Å². The van der Waals surface area contributed by atoms with E-state index in [1.54, 1.807) is 0 Å². The van der Waals surface area contributed by atoms with E-state index in [-0.39, 0.29) is 0 Å². The summed E-state index contributed by atoms with van der Waals surface area (Å²) in [6.07, 6.45) is 0. The smallest absolute Gasteiger partial charge is 0.164 e. The molecule has 0 spiro atoms. The Morgan fingerprint density at radius 3 is 1.73 bits per heavy atom. The number of rotatable bonds is 4. The van der Waals surface area contributed by atoms with Gasteiger partial charge in [-0.25, -0.2) is 15.0 Å². The van der Waals surface area contributed by atoms with Crippen LogP contribution in [-0.2, 0) is 0 Å². The number of hydrogen-bond donors (Lipinski definition) is 0. The van der Waals surface area contributed by atoms with Gasteiger partial charge in [-0.2, -0.15) is 0 Å². The summed E-state index contributed by atoms with van der Waals surface area (Å²) in [7, 11) is 0. The fourth-order valence-electron chi connectivity index (χ4n) is 6.23. The lowest BCUT2D eigenvalue weighted by Gasteiger charge is -2.10. The number of aromatic nitrogens is 3. The molecule has 0 unspecified atom stereocenters. The van der Waals surface area contributed by atoms with Crippen LogP contribution in [0.3, 0.4) is 0 Å². The summed E-state index contributed by atoms with van der Waals surface area (Å²) >= 11 is 0. The van der Waals surface area contributed by atoms with Crippen molar-refractivity contribution in [2.24, 2.45) is 0 Å². The van der Waals surface area contributed by atoms with Gasteiger partial charge in [0.05, 0.1) is 0 Å². The Hall–Kier alpha value is -6.13. The minimum absolute atomic E-state index is 0.603. The first-order valence-corrected chi connectivity index (χ1v) is 15.0. The van der Waals surface area contributed by atoms with Crippen LogP contribution in [0.15, 0.2) is 156 Å². The van der Waals surface area contributed by atoms with Crippen molar-refractivity contribution in [1.29, 1.82) is 0 Å². The van der Waals surface area contributed by atoms with Gasteiger partial charge >= 0.3 is 0 Å². The van der Waals surface area contributed by atoms with Crippen LogP contribution in [0.2, 0.25) is 0 Å². The van der Waals surface area contributed by atoms with Gasteiger partial charge in [-0.3, -0.25) is 0 Å². The van der Waals surface area contributed by atoms with Gasteiger partial charge in [0, 0.05) is 27.5 Å². The van der Waals surface area contributed by atoms with Crippen molar-refractivity contribution < 1.29 is 4.42 Å². The maximum Gasteiger partial charge on any atom is 0.164 e. The summed E-state index contributed by atoms with van der Waals surface area (Å²) in [5.74, 6) is 1.87. The molecule has 0 atom stereocenters. The zero-order valence-corrected chi connectivity index (χ0v) is 24.2. The van der Waals surface area contributed by atoms with Gasteiger partial charge < -0.3 is 4.42 Å². The minimum Gasteiger partial charge on any atom is -0.456 e. The summed E-state index contributed by atoms with van der Waals surface area (Å²) in [6, 6.07) is 52.3. The number of nitrogens with zero attached hydrogens (tertiary/aromatic N) is 3. The van der Waals surface area contributed by atoms with E-state index in [2.05, 4.69) is 103 Å². The highest BCUT2D eigenvalue weighted by Crippen LogP contribution is 2.36. The standard InChI is InChI=1S/C41H25N3O/c1-2-11-28(12-3-1)39-42-40(44-41(43-39)36-16-8-14-27-10-6-7-15-33(27)36)32-20-22-35-34-21-19-31(24-37(34)45-38(35)25-32)30-18-17-26-9-4-5-13-29(26)23-30/h1-25H. The van der Waals surface area contributed by atoms with E-state index >= 15 is 0 Å². The molecule has 0 saturated carbocycles. The van der Waals surface area contributed by atoms with Gasteiger partial charge in [0.1, 0.15) is 11.2 Å². The molecule has 0 aliphatic rings. The van der Waals surface area contributed by atoms with Crippen molar-refractivity contribution in [3.63, 3.8) is 0 Å². The van der Waals surface area contributed by atoms with Crippen molar-refractivity contribution in [1.82, 2.24) is 15.0 Å². The first kappa shape index (κ1) is 25.4. The summed E-state index contributed by atoms with van der Waals surface area (Å²) in [6.45, 7) is 0. The number of hydrogen-bond acceptors (Lipinski definition) is 4. The molecule has 0 N–H and O–H groups in total. The van der Waals surface area contributed by atoms with Crippen molar-refractivity contribution in [3.05, 3.63) is 152 Å². The van der Waals surface area contributed by atoms with Crippen LogP contribution in [0.4, 0.5) is 0 Å². The third-order valence-electron chi connectivity index (χ3n) is 8.51. The highest BCUT2D eigenvalue weighted by atomic mass is 16.3. The number of benzene rings is 7. The lowest BCUT2D eigenvalue weighted by atomic mass is 10.00. The molecule has 7 aromatic carbocycles. The van der Waals surface area contributed by atoms with Crippen LogP contribution in [-0.4, -0.2) is 15.0 Å². The summed E-state index contributed by atoms with van der Waals surface area (Å²) in [5, 5.41) is 6.84. The summed E-state index contributed by atoms with van der Waals surface area (Å²) < 4.78 is 6.48. The van der Waals surface area contributed by atoms with E-state index in [1.165, 1.54) is 10.8 Å². The predicted octanol–water partition coefficient (Wildman–Crippen LogP) is 10.7. The van der Waals surface area contributed by atoms with Gasteiger partial charge in [0.2, 0.25) is 0 Å². The minimum atomic E-state index is 0.603. The molecule has 0 radical (unpaired) electrons. The quantitative estimate of drug-likeness (QED) is 0.209. The van der Waals surface area contributed by atoms with Crippen LogP contribution in [0.25, 0.3) is 88.8 Å². The highest BCUT2D eigenvalue weighted by Gasteiger charge is 2.16. The van der Waals surface area contributed by atoms with E-state index < -0.39 is 0 Å². The van der Waals surface area contributed by atoms with E-state index in [0.717, 1.165) is 60.5 Å². The largest absolute Gasteiger partial charge is 0.456 e. The Balaban J connectivity index is 1.18. The molecule has 4 nitrogen and oxygen atoms in total. The lowest BCUT2D eigenvalue weighted by molar-refractivity contribution is 0.669. The van der Waals surface area contributed by atoms with E-state index in [1.807, 2.05) is 48.5 Å². The Morgan fingerprint density at radius 2 is 0.911 bits per heavy atom. The Labute approximate surface area is 259 Å². The number of fused-ring (bicyclic) bond motifs is 5. The second-order valence-electron chi connectivity index (χ2n) is 11.3. The average Bonchev–Trinajstić information content (AvgIpc) is 3.48. The monoisotopic (exact) mass is 575 g/mol. The van der Waals surface area contributed by atoms with Crippen molar-refractivity contribution in [2.75, 3.05) is 0 Å². The van der Waals surface area contributed by atoms with Gasteiger partial charge in [-0.05, 0) is 63.0 Å². The zero-order chi connectivity index (χ0) is 29.7. The summed E-state index contributed by atoms with van der Waals surface area (Å²) in [5.41, 5.74) is 6.72. The Kier molecular flexibility index (Phi) is 5.78. The normalized spacial score (nSPS) is 11.6. The molecule has 0 aliphatic carbocycles. The first-order chi connectivity index (χ1) is 22.3. The van der Waals surface area contributed by atoms with Crippen LogP contribution in [0, 0.1) is 0 Å². The molecule has 0 amide bonds. The van der Waals surface area contributed by atoms with Crippen LogP contribution >= 0.6 is 0 Å². The topological polar surface area (TPSA) is 51.8 Å². The molecule has 4 heteroatoms. The average molecular weight is 576 g/mol. The molecule has 0 aliphatic heterocycles. The first-order valence-electron chi connectivity index (χ1n) is 15.0. The van der Waals surface area contributed by atoms with Crippen LogP contribution in [0.1, 0.15) is 0 Å².